The SMILES string of the molecule is CCN(CC)CCNC(=O)Cn1ncc2c(C)n(Cc3ccccc3)c(C)c2c1=O. The van der Waals surface area contributed by atoms with Crippen molar-refractivity contribution in [3.8, 4) is 0 Å². The van der Waals surface area contributed by atoms with Gasteiger partial charge in [-0.05, 0) is 32.5 Å². The number of nitrogens with zero attached hydrogens (tertiary/aromatic N) is 4. The quantitative estimate of drug-likeness (QED) is 0.589. The zero-order valence-corrected chi connectivity index (χ0v) is 18.3. The number of aromatic nitrogens is 3. The Kier molecular flexibility index (Phi) is 7.05. The third kappa shape index (κ3) is 4.62. The van der Waals surface area contributed by atoms with Crippen LogP contribution < -0.4 is 10.9 Å². The molecule has 0 aliphatic heterocycles. The molecule has 0 atom stereocenters. The number of carbonyl (C=O) groups is 1. The molecule has 0 aliphatic rings. The van der Waals surface area contributed by atoms with Crippen molar-refractivity contribution in [2.45, 2.75) is 40.8 Å². The van der Waals surface area contributed by atoms with Crippen LogP contribution in [0.2, 0.25) is 0 Å². The van der Waals surface area contributed by atoms with Crippen LogP contribution in [0.3, 0.4) is 0 Å². The van der Waals surface area contributed by atoms with Gasteiger partial charge in [0, 0.05) is 36.4 Å². The Morgan fingerprint density at radius 2 is 1.80 bits per heavy atom. The van der Waals surface area contributed by atoms with Crippen molar-refractivity contribution in [1.29, 1.82) is 0 Å². The number of hydrogen-bond acceptors (Lipinski definition) is 4. The minimum Gasteiger partial charge on any atom is -0.353 e. The maximum Gasteiger partial charge on any atom is 0.276 e. The molecule has 3 aromatic rings. The van der Waals surface area contributed by atoms with Crippen LogP contribution in [-0.4, -0.2) is 51.3 Å². The van der Waals surface area contributed by atoms with E-state index in [1.165, 1.54) is 10.2 Å². The zero-order valence-electron chi connectivity index (χ0n) is 18.3. The van der Waals surface area contributed by atoms with E-state index in [1.807, 2.05) is 32.0 Å². The van der Waals surface area contributed by atoms with Crippen LogP contribution in [-0.2, 0) is 17.9 Å². The highest BCUT2D eigenvalue weighted by Gasteiger charge is 2.17. The Balaban J connectivity index is 1.79. The third-order valence-corrected chi connectivity index (χ3v) is 5.73. The lowest BCUT2D eigenvalue weighted by molar-refractivity contribution is -0.121. The van der Waals surface area contributed by atoms with E-state index in [1.54, 1.807) is 6.20 Å². The lowest BCUT2D eigenvalue weighted by atomic mass is 10.2. The summed E-state index contributed by atoms with van der Waals surface area (Å²) in [6, 6.07) is 10.2. The summed E-state index contributed by atoms with van der Waals surface area (Å²) in [6.07, 6.45) is 1.70. The van der Waals surface area contributed by atoms with Crippen molar-refractivity contribution in [2.75, 3.05) is 26.2 Å². The predicted octanol–water partition coefficient (Wildman–Crippen LogP) is 2.32. The molecule has 7 heteroatoms. The first-order chi connectivity index (χ1) is 14.5. The molecule has 2 heterocycles. The maximum absolute atomic E-state index is 13.1. The molecule has 1 amide bonds. The summed E-state index contributed by atoms with van der Waals surface area (Å²) in [4.78, 5) is 27.6. The highest BCUT2D eigenvalue weighted by Crippen LogP contribution is 2.23. The summed E-state index contributed by atoms with van der Waals surface area (Å²) in [6.45, 7) is 12.0. The van der Waals surface area contributed by atoms with Crippen LogP contribution >= 0.6 is 0 Å². The molecule has 1 aromatic carbocycles. The summed E-state index contributed by atoms with van der Waals surface area (Å²) in [5.41, 5.74) is 2.85. The highest BCUT2D eigenvalue weighted by molar-refractivity contribution is 5.87. The normalized spacial score (nSPS) is 11.4. The monoisotopic (exact) mass is 409 g/mol. The van der Waals surface area contributed by atoms with Gasteiger partial charge in [0.05, 0.1) is 11.6 Å². The number of aryl methyl sites for hydroxylation is 2. The number of fused-ring (bicyclic) bond motifs is 1. The third-order valence-electron chi connectivity index (χ3n) is 5.73. The Labute approximate surface area is 177 Å². The summed E-state index contributed by atoms with van der Waals surface area (Å²) >= 11 is 0. The van der Waals surface area contributed by atoms with E-state index >= 15 is 0 Å². The van der Waals surface area contributed by atoms with E-state index < -0.39 is 0 Å². The molecule has 2 aromatic heterocycles. The molecule has 30 heavy (non-hydrogen) atoms. The lowest BCUT2D eigenvalue weighted by Crippen LogP contribution is -2.38. The Morgan fingerprint density at radius 3 is 2.47 bits per heavy atom. The Morgan fingerprint density at radius 1 is 1.10 bits per heavy atom. The maximum atomic E-state index is 13.1. The number of likely N-dealkylation sites (N-methyl/N-ethyl adjacent to an activating group) is 1. The number of nitrogens with one attached hydrogen (secondary N) is 1. The Bertz CT molecular complexity index is 1060. The average molecular weight is 410 g/mol. The zero-order chi connectivity index (χ0) is 21.7. The van der Waals surface area contributed by atoms with Crippen LogP contribution in [0.25, 0.3) is 10.8 Å². The molecule has 0 bridgehead atoms. The van der Waals surface area contributed by atoms with Crippen LogP contribution in [0.1, 0.15) is 30.8 Å². The van der Waals surface area contributed by atoms with E-state index in [0.717, 1.165) is 36.4 Å². The second-order valence-corrected chi connectivity index (χ2v) is 7.52. The summed E-state index contributed by atoms with van der Waals surface area (Å²) < 4.78 is 3.39. The van der Waals surface area contributed by atoms with Gasteiger partial charge in [-0.15, -0.1) is 0 Å². The predicted molar refractivity (Wildman–Crippen MR) is 120 cm³/mol. The molecule has 0 saturated carbocycles. The Hall–Kier alpha value is -2.93. The van der Waals surface area contributed by atoms with Gasteiger partial charge in [0.1, 0.15) is 6.54 Å². The molecule has 0 spiro atoms. The number of carbonyl (C=O) groups excluding carboxylic acids is 1. The van der Waals surface area contributed by atoms with Crippen molar-refractivity contribution in [3.05, 3.63) is 63.8 Å². The van der Waals surface area contributed by atoms with Gasteiger partial charge >= 0.3 is 0 Å². The number of rotatable bonds is 9. The smallest absolute Gasteiger partial charge is 0.276 e. The van der Waals surface area contributed by atoms with Crippen molar-refractivity contribution >= 4 is 16.7 Å². The largest absolute Gasteiger partial charge is 0.353 e. The van der Waals surface area contributed by atoms with Crippen LogP contribution in [0.15, 0.2) is 41.3 Å². The number of benzene rings is 1. The fraction of sp³-hybridized carbons (Fsp3) is 0.435. The fourth-order valence-electron chi connectivity index (χ4n) is 3.85. The number of hydrogen-bond donors (Lipinski definition) is 1. The molecule has 0 fully saturated rings. The minimum atomic E-state index is -0.223. The fourth-order valence-corrected chi connectivity index (χ4v) is 3.85. The average Bonchev–Trinajstić information content (AvgIpc) is 2.99. The van der Waals surface area contributed by atoms with Crippen LogP contribution in [0.5, 0.6) is 0 Å². The van der Waals surface area contributed by atoms with E-state index in [0.29, 0.717) is 18.5 Å². The minimum absolute atomic E-state index is 0.0740. The van der Waals surface area contributed by atoms with Crippen LogP contribution in [0.4, 0.5) is 0 Å². The van der Waals surface area contributed by atoms with E-state index in [2.05, 4.69) is 45.9 Å². The van der Waals surface area contributed by atoms with Gasteiger partial charge in [-0.1, -0.05) is 44.2 Å². The second kappa shape index (κ2) is 9.71. The van der Waals surface area contributed by atoms with Crippen molar-refractivity contribution in [1.82, 2.24) is 24.6 Å². The molecule has 0 saturated heterocycles. The molecule has 0 unspecified atom stereocenters. The highest BCUT2D eigenvalue weighted by atomic mass is 16.2. The van der Waals surface area contributed by atoms with Crippen LogP contribution in [0, 0.1) is 13.8 Å². The summed E-state index contributed by atoms with van der Waals surface area (Å²) in [7, 11) is 0. The van der Waals surface area contributed by atoms with E-state index in [-0.39, 0.29) is 18.0 Å². The molecule has 0 radical (unpaired) electrons. The molecule has 7 nitrogen and oxygen atoms in total. The van der Waals surface area contributed by atoms with Gasteiger partial charge in [0.15, 0.2) is 0 Å². The first-order valence-electron chi connectivity index (χ1n) is 10.5. The molecule has 0 aliphatic carbocycles. The lowest BCUT2D eigenvalue weighted by Gasteiger charge is -2.17. The van der Waals surface area contributed by atoms with Gasteiger partial charge < -0.3 is 14.8 Å². The molecular weight excluding hydrogens is 378 g/mol. The van der Waals surface area contributed by atoms with Gasteiger partial charge in [-0.25, -0.2) is 4.68 Å². The molecule has 3 rings (SSSR count). The standard InChI is InChI=1S/C23H31N5O2/c1-5-26(6-2)13-12-24-21(29)16-28-23(30)22-18(4)27(17(3)20(22)14-25-28)15-19-10-8-7-9-11-19/h7-11,14H,5-6,12-13,15-16H2,1-4H3,(H,24,29). The van der Waals surface area contributed by atoms with Crippen molar-refractivity contribution in [3.63, 3.8) is 0 Å². The second-order valence-electron chi connectivity index (χ2n) is 7.52. The molecular formula is C23H31N5O2. The van der Waals surface area contributed by atoms with Crippen molar-refractivity contribution in [2.24, 2.45) is 0 Å². The van der Waals surface area contributed by atoms with E-state index in [9.17, 15) is 9.59 Å². The summed E-state index contributed by atoms with van der Waals surface area (Å²) in [5.74, 6) is -0.200. The summed E-state index contributed by atoms with van der Waals surface area (Å²) in [5, 5.41) is 8.62. The van der Waals surface area contributed by atoms with Gasteiger partial charge in [0.25, 0.3) is 5.56 Å². The molecule has 1 N–H and O–H groups in total. The van der Waals surface area contributed by atoms with E-state index in [4.69, 9.17) is 0 Å². The van der Waals surface area contributed by atoms with Gasteiger partial charge in [0.2, 0.25) is 5.91 Å². The molecule has 160 valence electrons. The first kappa shape index (κ1) is 21.8. The van der Waals surface area contributed by atoms with Gasteiger partial charge in [-0.3, -0.25) is 9.59 Å². The number of amides is 1. The van der Waals surface area contributed by atoms with Crippen molar-refractivity contribution < 1.29 is 4.79 Å². The first-order valence-corrected chi connectivity index (χ1v) is 10.5. The van der Waals surface area contributed by atoms with Gasteiger partial charge in [-0.2, -0.15) is 5.10 Å². The topological polar surface area (TPSA) is 72.2 Å².